The Bertz CT molecular complexity index is 1190. The van der Waals surface area contributed by atoms with Crippen LogP contribution in [0.5, 0.6) is 11.5 Å². The number of anilines is 1. The number of rotatable bonds is 7. The van der Waals surface area contributed by atoms with Crippen molar-refractivity contribution in [1.82, 2.24) is 0 Å². The summed E-state index contributed by atoms with van der Waals surface area (Å²) < 4.78 is 24.2. The van der Waals surface area contributed by atoms with E-state index < -0.39 is 5.91 Å². The van der Waals surface area contributed by atoms with E-state index in [1.54, 1.807) is 30.3 Å². The first-order chi connectivity index (χ1) is 15.4. The van der Waals surface area contributed by atoms with E-state index in [1.165, 1.54) is 25.3 Å². The van der Waals surface area contributed by atoms with Crippen molar-refractivity contribution in [2.24, 2.45) is 0 Å². The summed E-state index contributed by atoms with van der Waals surface area (Å²) in [6, 6.07) is 18.8. The van der Waals surface area contributed by atoms with Crippen molar-refractivity contribution in [2.45, 2.75) is 20.5 Å². The number of nitrogens with zero attached hydrogens (tertiary/aromatic N) is 1. The molecule has 0 heterocycles. The summed E-state index contributed by atoms with van der Waals surface area (Å²) in [6.45, 7) is 4.07. The van der Waals surface area contributed by atoms with Crippen LogP contribution in [0.2, 0.25) is 0 Å². The molecule has 0 fully saturated rings. The molecule has 0 saturated heterocycles. The van der Waals surface area contributed by atoms with E-state index in [1.807, 2.05) is 38.1 Å². The van der Waals surface area contributed by atoms with Gasteiger partial charge in [-0.3, -0.25) is 4.79 Å². The van der Waals surface area contributed by atoms with Crippen molar-refractivity contribution < 1.29 is 18.7 Å². The summed E-state index contributed by atoms with van der Waals surface area (Å²) >= 11 is 0. The van der Waals surface area contributed by atoms with Crippen molar-refractivity contribution in [2.75, 3.05) is 12.4 Å². The first-order valence-electron chi connectivity index (χ1n) is 9.95. The summed E-state index contributed by atoms with van der Waals surface area (Å²) in [6.07, 6.45) is 1.49. The van der Waals surface area contributed by atoms with Crippen molar-refractivity contribution in [3.05, 3.63) is 94.3 Å². The van der Waals surface area contributed by atoms with Crippen molar-refractivity contribution in [3.63, 3.8) is 0 Å². The second kappa shape index (κ2) is 10.3. The number of halogens is 1. The lowest BCUT2D eigenvalue weighted by Gasteiger charge is -2.12. The van der Waals surface area contributed by atoms with Crippen LogP contribution in [-0.4, -0.2) is 13.0 Å². The van der Waals surface area contributed by atoms with Gasteiger partial charge in [0, 0.05) is 5.69 Å². The fraction of sp³-hybridized carbons (Fsp3) is 0.154. The third-order valence-corrected chi connectivity index (χ3v) is 4.81. The molecule has 32 heavy (non-hydrogen) atoms. The number of benzene rings is 3. The maximum atomic E-state index is 13.0. The Kier molecular flexibility index (Phi) is 7.25. The maximum absolute atomic E-state index is 13.0. The Balaban J connectivity index is 1.76. The van der Waals surface area contributed by atoms with Gasteiger partial charge < -0.3 is 14.8 Å². The molecule has 0 bridgehead atoms. The largest absolute Gasteiger partial charge is 0.493 e. The van der Waals surface area contributed by atoms with Gasteiger partial charge in [0.2, 0.25) is 0 Å². The van der Waals surface area contributed by atoms with Crippen LogP contribution in [0.4, 0.5) is 10.1 Å². The lowest BCUT2D eigenvalue weighted by atomic mass is 10.1. The maximum Gasteiger partial charge on any atom is 0.266 e. The zero-order valence-electron chi connectivity index (χ0n) is 18.1. The highest BCUT2D eigenvalue weighted by atomic mass is 19.1. The van der Waals surface area contributed by atoms with Crippen LogP contribution in [-0.2, 0) is 11.4 Å². The lowest BCUT2D eigenvalue weighted by Crippen LogP contribution is -2.14. The molecule has 0 saturated carbocycles. The van der Waals surface area contributed by atoms with E-state index in [2.05, 4.69) is 5.32 Å². The highest BCUT2D eigenvalue weighted by Gasteiger charge is 2.12. The molecule has 0 aliphatic heterocycles. The van der Waals surface area contributed by atoms with E-state index >= 15 is 0 Å². The molecule has 3 aromatic rings. The van der Waals surface area contributed by atoms with Crippen LogP contribution in [0, 0.1) is 31.0 Å². The Morgan fingerprint density at radius 1 is 1.06 bits per heavy atom. The molecule has 0 radical (unpaired) electrons. The molecule has 0 atom stereocenters. The third-order valence-electron chi connectivity index (χ3n) is 4.81. The van der Waals surface area contributed by atoms with E-state index in [0.717, 1.165) is 16.7 Å². The van der Waals surface area contributed by atoms with Gasteiger partial charge in [-0.1, -0.05) is 30.3 Å². The van der Waals surface area contributed by atoms with Crippen LogP contribution >= 0.6 is 0 Å². The minimum atomic E-state index is -0.489. The van der Waals surface area contributed by atoms with Crippen molar-refractivity contribution >= 4 is 17.7 Å². The van der Waals surface area contributed by atoms with E-state index in [-0.39, 0.29) is 18.0 Å². The van der Waals surface area contributed by atoms with Gasteiger partial charge in [-0.05, 0) is 72.5 Å². The first kappa shape index (κ1) is 22.6. The van der Waals surface area contributed by atoms with Crippen LogP contribution in [0.25, 0.3) is 6.08 Å². The summed E-state index contributed by atoms with van der Waals surface area (Å²) in [5.74, 6) is 0.148. The van der Waals surface area contributed by atoms with Crippen LogP contribution in [0.3, 0.4) is 0 Å². The van der Waals surface area contributed by atoms with Crippen LogP contribution < -0.4 is 14.8 Å². The van der Waals surface area contributed by atoms with Crippen LogP contribution in [0.15, 0.2) is 66.2 Å². The van der Waals surface area contributed by atoms with Gasteiger partial charge in [-0.25, -0.2) is 4.39 Å². The normalized spacial score (nSPS) is 10.9. The number of aryl methyl sites for hydroxylation is 2. The van der Waals surface area contributed by atoms with Gasteiger partial charge in [0.1, 0.15) is 24.1 Å². The molecule has 0 spiro atoms. The molecule has 0 aliphatic carbocycles. The Morgan fingerprint density at radius 3 is 2.50 bits per heavy atom. The predicted octanol–water partition coefficient (Wildman–Crippen LogP) is 5.58. The molecule has 0 aromatic heterocycles. The number of hydrogen-bond acceptors (Lipinski definition) is 4. The zero-order chi connectivity index (χ0) is 23.1. The molecular weight excluding hydrogens is 407 g/mol. The van der Waals surface area contributed by atoms with E-state index in [0.29, 0.717) is 22.7 Å². The third kappa shape index (κ3) is 5.73. The van der Waals surface area contributed by atoms with Gasteiger partial charge >= 0.3 is 0 Å². The monoisotopic (exact) mass is 430 g/mol. The fourth-order valence-electron chi connectivity index (χ4n) is 3.01. The highest BCUT2D eigenvalue weighted by Crippen LogP contribution is 2.30. The van der Waals surface area contributed by atoms with E-state index in [4.69, 9.17) is 9.47 Å². The average molecular weight is 430 g/mol. The number of nitriles is 1. The Labute approximate surface area is 186 Å². The Morgan fingerprint density at radius 2 is 1.81 bits per heavy atom. The molecule has 0 aliphatic rings. The smallest absolute Gasteiger partial charge is 0.266 e. The molecule has 3 rings (SSSR count). The average Bonchev–Trinajstić information content (AvgIpc) is 2.79. The number of nitrogens with one attached hydrogen (secondary N) is 1. The molecule has 3 aromatic carbocycles. The number of carbonyl (C=O) groups excluding carboxylic acids is 1. The summed E-state index contributed by atoms with van der Waals surface area (Å²) in [7, 11) is 1.51. The molecule has 0 unspecified atom stereocenters. The minimum absolute atomic E-state index is 0.0343. The minimum Gasteiger partial charge on any atom is -0.493 e. The van der Waals surface area contributed by atoms with Crippen molar-refractivity contribution in [3.8, 4) is 17.6 Å². The van der Waals surface area contributed by atoms with E-state index in [9.17, 15) is 14.4 Å². The molecule has 5 nitrogen and oxygen atoms in total. The van der Waals surface area contributed by atoms with Gasteiger partial charge in [0.05, 0.1) is 7.11 Å². The summed E-state index contributed by atoms with van der Waals surface area (Å²) in [4.78, 5) is 12.6. The van der Waals surface area contributed by atoms with Gasteiger partial charge in [-0.2, -0.15) is 5.26 Å². The molecule has 1 amide bonds. The summed E-state index contributed by atoms with van der Waals surface area (Å²) in [5, 5.41) is 12.3. The van der Waals surface area contributed by atoms with Crippen LogP contribution in [0.1, 0.15) is 22.3 Å². The predicted molar refractivity (Wildman–Crippen MR) is 122 cm³/mol. The van der Waals surface area contributed by atoms with Crippen molar-refractivity contribution in [1.29, 1.82) is 5.26 Å². The number of amides is 1. The number of carbonyl (C=O) groups is 1. The topological polar surface area (TPSA) is 71.3 Å². The van der Waals surface area contributed by atoms with Gasteiger partial charge in [0.25, 0.3) is 5.91 Å². The molecular formula is C26H23FN2O3. The summed E-state index contributed by atoms with van der Waals surface area (Å²) in [5.41, 5.74) is 3.97. The number of methoxy groups -OCH3 is 1. The fourth-order valence-corrected chi connectivity index (χ4v) is 3.01. The molecule has 1 N–H and O–H groups in total. The van der Waals surface area contributed by atoms with Gasteiger partial charge in [0.15, 0.2) is 11.5 Å². The molecule has 6 heteroatoms. The molecule has 162 valence electrons. The number of hydrogen-bond donors (Lipinski definition) is 1. The van der Waals surface area contributed by atoms with Gasteiger partial charge in [-0.15, -0.1) is 0 Å². The lowest BCUT2D eigenvalue weighted by molar-refractivity contribution is -0.112. The first-order valence-corrected chi connectivity index (χ1v) is 9.95. The highest BCUT2D eigenvalue weighted by molar-refractivity contribution is 6.10. The quantitative estimate of drug-likeness (QED) is 0.393. The number of ether oxygens (including phenoxy) is 2. The second-order valence-corrected chi connectivity index (χ2v) is 7.27. The Hall–Kier alpha value is -4.11. The second-order valence-electron chi connectivity index (χ2n) is 7.27. The SMILES string of the molecule is COc1cc(/C=C(\C#N)C(=O)Nc2cc(C)ccc2C)ccc1OCc1ccc(F)cc1. The standard InChI is InChI=1S/C26H23FN2O3/c1-17-4-5-18(2)23(12-17)29-26(30)21(15-28)13-20-8-11-24(25(14-20)31-3)32-16-19-6-9-22(27)10-7-19/h4-14H,16H2,1-3H3,(H,29,30)/b21-13+. The zero-order valence-corrected chi connectivity index (χ0v) is 18.1.